The van der Waals surface area contributed by atoms with Crippen LogP contribution in [0.1, 0.15) is 6.92 Å². The van der Waals surface area contributed by atoms with Crippen molar-refractivity contribution in [3.05, 3.63) is 60.2 Å². The van der Waals surface area contributed by atoms with Crippen LogP contribution in [0.15, 0.2) is 65.3 Å². The van der Waals surface area contributed by atoms with Crippen LogP contribution in [0.5, 0.6) is 0 Å². The Bertz CT molecular complexity index is 671. The van der Waals surface area contributed by atoms with Crippen LogP contribution < -0.4 is 5.73 Å². The second-order valence-electron chi connectivity index (χ2n) is 4.64. The van der Waals surface area contributed by atoms with E-state index >= 15 is 0 Å². The van der Waals surface area contributed by atoms with E-state index in [-0.39, 0.29) is 5.92 Å². The van der Waals surface area contributed by atoms with Gasteiger partial charge in [0.2, 0.25) is 5.95 Å². The monoisotopic (exact) mass is 298 g/mol. The van der Waals surface area contributed by atoms with Crippen molar-refractivity contribution in [2.24, 2.45) is 11.0 Å². The number of anilines is 1. The molecule has 108 valence electrons. The molecule has 4 nitrogen and oxygen atoms in total. The van der Waals surface area contributed by atoms with Crippen LogP contribution in [0.2, 0.25) is 0 Å². The molecule has 5 heteroatoms. The highest BCUT2D eigenvalue weighted by Crippen LogP contribution is 2.19. The van der Waals surface area contributed by atoms with Crippen LogP contribution in [-0.2, 0) is 0 Å². The first-order valence-corrected chi connectivity index (χ1v) is 7.07. The van der Waals surface area contributed by atoms with Crippen LogP contribution in [0.3, 0.4) is 0 Å². The van der Waals surface area contributed by atoms with Gasteiger partial charge < -0.3 is 5.73 Å². The maximum absolute atomic E-state index is 5.88. The summed E-state index contributed by atoms with van der Waals surface area (Å²) in [5, 5.41) is 6.00. The first kappa shape index (κ1) is 15.1. The summed E-state index contributed by atoms with van der Waals surface area (Å²) in [6.07, 6.45) is 5.42. The number of hydrogen-bond donors (Lipinski definition) is 2. The van der Waals surface area contributed by atoms with E-state index in [1.54, 1.807) is 22.5 Å². The molecule has 0 saturated heterocycles. The molecule has 0 aliphatic heterocycles. The lowest BCUT2D eigenvalue weighted by molar-refractivity contribution is 0.877. The molecule has 0 amide bonds. The van der Waals surface area contributed by atoms with Gasteiger partial charge in [-0.25, -0.2) is 9.66 Å². The van der Waals surface area contributed by atoms with Crippen molar-refractivity contribution in [3.63, 3.8) is 0 Å². The molecule has 0 radical (unpaired) electrons. The molecule has 0 saturated carbocycles. The Morgan fingerprint density at radius 1 is 1.43 bits per heavy atom. The number of rotatable bonds is 5. The Morgan fingerprint density at radius 2 is 2.14 bits per heavy atom. The molecule has 1 unspecified atom stereocenters. The van der Waals surface area contributed by atoms with Crippen LogP contribution in [0.25, 0.3) is 11.3 Å². The highest BCUT2D eigenvalue weighted by Gasteiger charge is 2.06. The number of thiol groups is 1. The first-order chi connectivity index (χ1) is 10.1. The first-order valence-electron chi connectivity index (χ1n) is 6.56. The van der Waals surface area contributed by atoms with Crippen molar-refractivity contribution in [3.8, 4) is 11.3 Å². The van der Waals surface area contributed by atoms with Crippen molar-refractivity contribution >= 4 is 24.8 Å². The van der Waals surface area contributed by atoms with Gasteiger partial charge in [-0.15, -0.1) is 0 Å². The quantitative estimate of drug-likeness (QED) is 0.654. The number of benzene rings is 1. The van der Waals surface area contributed by atoms with Crippen molar-refractivity contribution in [2.75, 3.05) is 5.73 Å². The maximum Gasteiger partial charge on any atom is 0.221 e. The van der Waals surface area contributed by atoms with Gasteiger partial charge in [0.1, 0.15) is 0 Å². The third-order valence-corrected chi connectivity index (χ3v) is 3.26. The number of hydrogen-bond acceptors (Lipinski definition) is 4. The zero-order chi connectivity index (χ0) is 15.2. The average molecular weight is 298 g/mol. The molecule has 0 aliphatic rings. The van der Waals surface area contributed by atoms with Gasteiger partial charge in [-0.3, -0.25) is 0 Å². The van der Waals surface area contributed by atoms with Gasteiger partial charge in [-0.05, 0) is 11.0 Å². The molecule has 21 heavy (non-hydrogen) atoms. The Hall–Kier alpha value is -2.27. The summed E-state index contributed by atoms with van der Waals surface area (Å²) in [4.78, 5) is 4.31. The lowest BCUT2D eigenvalue weighted by Crippen LogP contribution is -2.00. The molecule has 0 bridgehead atoms. The lowest BCUT2D eigenvalue weighted by Gasteiger charge is -2.04. The van der Waals surface area contributed by atoms with Crippen molar-refractivity contribution in [2.45, 2.75) is 6.92 Å². The van der Waals surface area contributed by atoms with Crippen LogP contribution >= 0.6 is 12.6 Å². The van der Waals surface area contributed by atoms with E-state index < -0.39 is 0 Å². The van der Waals surface area contributed by atoms with E-state index in [0.717, 1.165) is 16.8 Å². The van der Waals surface area contributed by atoms with E-state index in [1.165, 1.54) is 0 Å². The lowest BCUT2D eigenvalue weighted by atomic mass is 10.1. The van der Waals surface area contributed by atoms with Crippen molar-refractivity contribution in [1.82, 2.24) is 9.66 Å². The molecule has 1 heterocycles. The van der Waals surface area contributed by atoms with Gasteiger partial charge in [-0.1, -0.05) is 49.9 Å². The van der Waals surface area contributed by atoms with E-state index in [4.69, 9.17) is 5.73 Å². The van der Waals surface area contributed by atoms with Gasteiger partial charge >= 0.3 is 0 Å². The van der Waals surface area contributed by atoms with Crippen LogP contribution in [-0.4, -0.2) is 15.9 Å². The summed E-state index contributed by atoms with van der Waals surface area (Å²) >= 11 is 4.05. The van der Waals surface area contributed by atoms with E-state index in [0.29, 0.717) is 5.95 Å². The van der Waals surface area contributed by atoms with Gasteiger partial charge in [0.25, 0.3) is 0 Å². The summed E-state index contributed by atoms with van der Waals surface area (Å²) in [6.45, 7) is 6.00. The summed E-state index contributed by atoms with van der Waals surface area (Å²) in [7, 11) is 0. The summed E-state index contributed by atoms with van der Waals surface area (Å²) in [6, 6.07) is 9.84. The summed E-state index contributed by atoms with van der Waals surface area (Å²) in [5.74, 6) is 0.514. The highest BCUT2D eigenvalue weighted by atomic mass is 32.1. The minimum atomic E-state index is 0.171. The number of nitrogen functional groups attached to an aromatic ring is 1. The molecule has 0 aliphatic carbocycles. The highest BCUT2D eigenvalue weighted by molar-refractivity contribution is 7.83. The normalized spacial score (nSPS) is 13.0. The van der Waals surface area contributed by atoms with Gasteiger partial charge in [0.05, 0.1) is 18.1 Å². The van der Waals surface area contributed by atoms with E-state index in [2.05, 4.69) is 29.3 Å². The topological polar surface area (TPSA) is 56.2 Å². The maximum atomic E-state index is 5.88. The Labute approximate surface area is 130 Å². The predicted octanol–water partition coefficient (Wildman–Crippen LogP) is 3.60. The van der Waals surface area contributed by atoms with Crippen molar-refractivity contribution < 1.29 is 0 Å². The molecular weight excluding hydrogens is 280 g/mol. The SMILES string of the molecule is C=C(/C=N\n1cc(-c2ccccc2)nc1N)C(C)/C=C\S. The van der Waals surface area contributed by atoms with Gasteiger partial charge in [0, 0.05) is 11.5 Å². The standard InChI is InChI=1S/C16H18N4S/c1-12(8-9-21)13(2)10-18-20-11-15(19-16(20)17)14-6-4-3-5-7-14/h3-12,21H,2H2,1H3,(H2,17,19)/b9-8-,18-10-. The second kappa shape index (κ2) is 6.95. The van der Waals surface area contributed by atoms with E-state index in [1.807, 2.05) is 43.3 Å². The molecule has 1 aromatic carbocycles. The molecule has 1 aromatic heterocycles. The number of imidazole rings is 1. The van der Waals surface area contributed by atoms with Crippen molar-refractivity contribution in [1.29, 1.82) is 0 Å². The van der Waals surface area contributed by atoms with Gasteiger partial charge in [0.15, 0.2) is 0 Å². The third-order valence-electron chi connectivity index (χ3n) is 3.09. The smallest absolute Gasteiger partial charge is 0.221 e. The van der Waals surface area contributed by atoms with Gasteiger partial charge in [-0.2, -0.15) is 17.7 Å². The molecule has 2 N–H and O–H groups in total. The molecule has 0 fully saturated rings. The second-order valence-corrected chi connectivity index (χ2v) is 4.94. The minimum Gasteiger partial charge on any atom is -0.368 e. The fourth-order valence-electron chi connectivity index (χ4n) is 1.73. The molecule has 2 aromatic rings. The fraction of sp³-hybridized carbons (Fsp3) is 0.125. The minimum absolute atomic E-state index is 0.171. The molecular formula is C16H18N4S. The molecule has 1 atom stereocenters. The Kier molecular flexibility index (Phi) is 5.00. The fourth-order valence-corrected chi connectivity index (χ4v) is 1.99. The number of nitrogens with zero attached hydrogens (tertiary/aromatic N) is 3. The Morgan fingerprint density at radius 3 is 2.81 bits per heavy atom. The molecule has 2 rings (SSSR count). The van der Waals surface area contributed by atoms with Crippen LogP contribution in [0.4, 0.5) is 5.95 Å². The average Bonchev–Trinajstić information content (AvgIpc) is 2.87. The number of aromatic nitrogens is 2. The predicted molar refractivity (Wildman–Crippen MR) is 92.4 cm³/mol. The van der Waals surface area contributed by atoms with E-state index in [9.17, 15) is 0 Å². The Balaban J connectivity index is 2.19. The van der Waals surface area contributed by atoms with Crippen LogP contribution in [0, 0.1) is 5.92 Å². The zero-order valence-corrected chi connectivity index (χ0v) is 12.7. The molecule has 0 spiro atoms. The summed E-state index contributed by atoms with van der Waals surface area (Å²) < 4.78 is 1.55. The largest absolute Gasteiger partial charge is 0.368 e. The number of nitrogens with two attached hydrogens (primary N) is 1. The third kappa shape index (κ3) is 3.86. The zero-order valence-electron chi connectivity index (χ0n) is 11.8. The number of allylic oxidation sites excluding steroid dienone is 2. The summed E-state index contributed by atoms with van der Waals surface area (Å²) in [5.41, 5.74) is 8.55.